The summed E-state index contributed by atoms with van der Waals surface area (Å²) in [6.45, 7) is 0. The maximum Gasteiger partial charge on any atom is 0.195 e. The smallest absolute Gasteiger partial charge is 0.191 e. The fourth-order valence-corrected chi connectivity index (χ4v) is 4.01. The lowest BCUT2D eigenvalue weighted by molar-refractivity contribution is 0.862. The average Bonchev–Trinajstić information content (AvgIpc) is 3.24. The summed E-state index contributed by atoms with van der Waals surface area (Å²) in [6.07, 6.45) is 0. The normalized spacial score (nSPS) is 11.2. The highest BCUT2D eigenvalue weighted by Gasteiger charge is 2.11. The number of hydrogen-bond donors (Lipinski definition) is 0. The quantitative estimate of drug-likeness (QED) is 0.433. The molecule has 0 bridgehead atoms. The lowest BCUT2D eigenvalue weighted by Crippen LogP contribution is -1.95. The zero-order chi connectivity index (χ0) is 16.5. The second kappa shape index (κ2) is 6.72. The Hall–Kier alpha value is -1.60. The van der Waals surface area contributed by atoms with Crippen LogP contribution in [0.15, 0.2) is 52.9 Å². The lowest BCUT2D eigenvalue weighted by atomic mass is 10.2. The molecule has 3 heterocycles. The van der Waals surface area contributed by atoms with Crippen molar-refractivity contribution in [1.82, 2.24) is 19.8 Å². The van der Waals surface area contributed by atoms with Crippen LogP contribution in [0.5, 0.6) is 0 Å². The van der Waals surface area contributed by atoms with Gasteiger partial charge in [0.2, 0.25) is 0 Å². The SMILES string of the molecule is Clc1ccc(CSc2ccc3nnc(-c4cccs4)n3n2)cc1Cl. The molecule has 0 saturated carbocycles. The Labute approximate surface area is 156 Å². The third-order valence-corrected chi connectivity index (χ3v) is 5.95. The molecule has 3 aromatic heterocycles. The van der Waals surface area contributed by atoms with E-state index in [2.05, 4.69) is 15.3 Å². The molecule has 0 aliphatic heterocycles. The maximum atomic E-state index is 6.06. The number of halogens is 2. The Balaban J connectivity index is 1.60. The highest BCUT2D eigenvalue weighted by atomic mass is 35.5. The van der Waals surface area contributed by atoms with Crippen LogP contribution >= 0.6 is 46.3 Å². The Morgan fingerprint density at radius 2 is 1.96 bits per heavy atom. The highest BCUT2D eigenvalue weighted by molar-refractivity contribution is 7.98. The second-order valence-electron chi connectivity index (χ2n) is 4.98. The Bertz CT molecular complexity index is 999. The van der Waals surface area contributed by atoms with Gasteiger partial charge in [-0.3, -0.25) is 0 Å². The first kappa shape index (κ1) is 15.9. The zero-order valence-electron chi connectivity index (χ0n) is 12.2. The van der Waals surface area contributed by atoms with Crippen LogP contribution < -0.4 is 0 Å². The molecule has 0 saturated heterocycles. The van der Waals surface area contributed by atoms with Crippen molar-refractivity contribution in [3.8, 4) is 10.7 Å². The molecule has 24 heavy (non-hydrogen) atoms. The molecule has 8 heteroatoms. The Morgan fingerprint density at radius 1 is 1.04 bits per heavy atom. The maximum absolute atomic E-state index is 6.06. The van der Waals surface area contributed by atoms with Gasteiger partial charge in [-0.25, -0.2) is 0 Å². The first-order valence-corrected chi connectivity index (χ1v) is 9.66. The number of rotatable bonds is 4. The van der Waals surface area contributed by atoms with Crippen LogP contribution in [-0.2, 0) is 5.75 Å². The van der Waals surface area contributed by atoms with E-state index in [0.29, 0.717) is 10.0 Å². The van der Waals surface area contributed by atoms with Gasteiger partial charge in [-0.05, 0) is 41.3 Å². The zero-order valence-corrected chi connectivity index (χ0v) is 15.3. The van der Waals surface area contributed by atoms with Crippen LogP contribution in [0, 0.1) is 0 Å². The summed E-state index contributed by atoms with van der Waals surface area (Å²) < 4.78 is 1.78. The Morgan fingerprint density at radius 3 is 2.75 bits per heavy atom. The molecule has 0 atom stereocenters. The van der Waals surface area contributed by atoms with E-state index in [4.69, 9.17) is 23.2 Å². The van der Waals surface area contributed by atoms with Gasteiger partial charge in [-0.15, -0.1) is 21.5 Å². The van der Waals surface area contributed by atoms with Gasteiger partial charge < -0.3 is 0 Å². The summed E-state index contributed by atoms with van der Waals surface area (Å²) in [6, 6.07) is 13.5. The first-order chi connectivity index (χ1) is 11.7. The molecule has 0 aliphatic rings. The molecule has 4 nitrogen and oxygen atoms in total. The predicted octanol–water partition coefficient (Wildman–Crippen LogP) is 5.45. The molecule has 0 spiro atoms. The van der Waals surface area contributed by atoms with Gasteiger partial charge in [0.25, 0.3) is 0 Å². The predicted molar refractivity (Wildman–Crippen MR) is 100 cm³/mol. The summed E-state index contributed by atoms with van der Waals surface area (Å²) in [5, 5.41) is 17.1. The van der Waals surface area contributed by atoms with Gasteiger partial charge in [0.05, 0.1) is 14.9 Å². The fraction of sp³-hybridized carbons (Fsp3) is 0.0625. The van der Waals surface area contributed by atoms with Crippen molar-refractivity contribution in [2.45, 2.75) is 10.8 Å². The molecular formula is C16H10Cl2N4S2. The summed E-state index contributed by atoms with van der Waals surface area (Å²) in [4.78, 5) is 1.04. The molecule has 0 fully saturated rings. The number of thiophene rings is 1. The van der Waals surface area contributed by atoms with E-state index in [1.807, 2.05) is 47.8 Å². The number of aromatic nitrogens is 4. The summed E-state index contributed by atoms with van der Waals surface area (Å²) in [7, 11) is 0. The van der Waals surface area contributed by atoms with E-state index in [1.165, 1.54) is 0 Å². The molecule has 120 valence electrons. The van der Waals surface area contributed by atoms with Crippen molar-refractivity contribution >= 4 is 51.9 Å². The summed E-state index contributed by atoms with van der Waals surface area (Å²) in [5.74, 6) is 1.52. The van der Waals surface area contributed by atoms with Crippen LogP contribution in [-0.4, -0.2) is 19.8 Å². The van der Waals surface area contributed by atoms with Crippen molar-refractivity contribution in [2.75, 3.05) is 0 Å². The van der Waals surface area contributed by atoms with Crippen LogP contribution in [0.2, 0.25) is 10.0 Å². The van der Waals surface area contributed by atoms with Gasteiger partial charge in [0, 0.05) is 5.75 Å². The number of nitrogens with zero attached hydrogens (tertiary/aromatic N) is 4. The molecule has 4 rings (SSSR count). The van der Waals surface area contributed by atoms with E-state index < -0.39 is 0 Å². The van der Waals surface area contributed by atoms with Crippen LogP contribution in [0.4, 0.5) is 0 Å². The van der Waals surface area contributed by atoms with Crippen molar-refractivity contribution in [3.05, 3.63) is 63.5 Å². The molecule has 1 aromatic carbocycles. The number of benzene rings is 1. The fourth-order valence-electron chi connectivity index (χ4n) is 2.20. The molecule has 0 unspecified atom stereocenters. The monoisotopic (exact) mass is 392 g/mol. The van der Waals surface area contributed by atoms with E-state index in [-0.39, 0.29) is 0 Å². The molecule has 0 aliphatic carbocycles. The van der Waals surface area contributed by atoms with Gasteiger partial charge >= 0.3 is 0 Å². The van der Waals surface area contributed by atoms with E-state index >= 15 is 0 Å². The number of thioether (sulfide) groups is 1. The van der Waals surface area contributed by atoms with Gasteiger partial charge in [0.15, 0.2) is 11.5 Å². The minimum absolute atomic E-state index is 0.565. The van der Waals surface area contributed by atoms with Crippen molar-refractivity contribution in [3.63, 3.8) is 0 Å². The molecule has 0 radical (unpaired) electrons. The molecular weight excluding hydrogens is 383 g/mol. The summed E-state index contributed by atoms with van der Waals surface area (Å²) >= 11 is 15.3. The molecule has 0 amide bonds. The largest absolute Gasteiger partial charge is 0.195 e. The molecule has 0 N–H and O–H groups in total. The van der Waals surface area contributed by atoms with E-state index in [0.717, 1.165) is 32.7 Å². The van der Waals surface area contributed by atoms with Gasteiger partial charge in [-0.1, -0.05) is 47.1 Å². The second-order valence-corrected chi connectivity index (χ2v) is 7.74. The van der Waals surface area contributed by atoms with Crippen molar-refractivity contribution in [1.29, 1.82) is 0 Å². The van der Waals surface area contributed by atoms with E-state index in [9.17, 15) is 0 Å². The van der Waals surface area contributed by atoms with Crippen LogP contribution in [0.3, 0.4) is 0 Å². The topological polar surface area (TPSA) is 43.1 Å². The third-order valence-electron chi connectivity index (χ3n) is 3.35. The van der Waals surface area contributed by atoms with Crippen molar-refractivity contribution in [2.24, 2.45) is 0 Å². The standard InChI is InChI=1S/C16H10Cl2N4S2/c17-11-4-3-10(8-12(11)18)9-24-15-6-5-14-19-20-16(22(14)21-15)13-2-1-7-23-13/h1-8H,9H2. The highest BCUT2D eigenvalue weighted by Crippen LogP contribution is 2.28. The minimum Gasteiger partial charge on any atom is -0.191 e. The average molecular weight is 393 g/mol. The van der Waals surface area contributed by atoms with Gasteiger partial charge in [0.1, 0.15) is 5.03 Å². The summed E-state index contributed by atoms with van der Waals surface area (Å²) in [5.41, 5.74) is 1.83. The van der Waals surface area contributed by atoms with Gasteiger partial charge in [-0.2, -0.15) is 9.61 Å². The number of fused-ring (bicyclic) bond motifs is 1. The first-order valence-electron chi connectivity index (χ1n) is 7.04. The third kappa shape index (κ3) is 3.15. The van der Waals surface area contributed by atoms with E-state index in [1.54, 1.807) is 27.6 Å². The van der Waals surface area contributed by atoms with Crippen molar-refractivity contribution < 1.29 is 0 Å². The Kier molecular flexibility index (Phi) is 4.45. The number of hydrogen-bond acceptors (Lipinski definition) is 5. The van der Waals surface area contributed by atoms with Crippen LogP contribution in [0.1, 0.15) is 5.56 Å². The minimum atomic E-state index is 0.565. The molecule has 4 aromatic rings. The van der Waals surface area contributed by atoms with Crippen LogP contribution in [0.25, 0.3) is 16.3 Å². The lowest BCUT2D eigenvalue weighted by Gasteiger charge is -2.04.